The molecule has 0 fully saturated rings. The molecule has 0 aliphatic heterocycles. The molecule has 0 bridgehead atoms. The highest BCUT2D eigenvalue weighted by Gasteiger charge is 2.13. The van der Waals surface area contributed by atoms with E-state index in [1.807, 2.05) is 0 Å². The van der Waals surface area contributed by atoms with Gasteiger partial charge in [0, 0.05) is 17.2 Å². The maximum absolute atomic E-state index is 9.45. The van der Waals surface area contributed by atoms with Crippen molar-refractivity contribution in [3.63, 3.8) is 0 Å². The fraction of sp³-hybridized carbons (Fsp3) is 0. The molecule has 0 aromatic heterocycles. The molecule has 0 saturated carbocycles. The first-order valence-corrected chi connectivity index (χ1v) is 6.78. The van der Waals surface area contributed by atoms with Gasteiger partial charge in [0.25, 0.3) is 0 Å². The molecule has 0 saturated heterocycles. The number of ether oxygens (including phenoxy) is 1. The highest BCUT2D eigenvalue weighted by molar-refractivity contribution is 6.40. The van der Waals surface area contributed by atoms with Crippen molar-refractivity contribution in [2.24, 2.45) is 0 Å². The number of hydrogen-bond donors (Lipinski definition) is 1. The van der Waals surface area contributed by atoms with Gasteiger partial charge in [-0.15, -0.1) is 0 Å². The van der Waals surface area contributed by atoms with Crippen molar-refractivity contribution >= 4 is 58.0 Å². The molecule has 0 spiro atoms. The average molecular weight is 358 g/mol. The summed E-state index contributed by atoms with van der Waals surface area (Å²) in [4.78, 5) is 0. The first-order valence-electron chi connectivity index (χ1n) is 4.89. The Morgan fingerprint density at radius 2 is 1.21 bits per heavy atom. The van der Waals surface area contributed by atoms with E-state index in [-0.39, 0.29) is 31.6 Å². The van der Waals surface area contributed by atoms with Gasteiger partial charge in [0.15, 0.2) is 11.5 Å². The number of benzene rings is 2. The topological polar surface area (TPSA) is 29.5 Å². The molecule has 2 aromatic rings. The minimum absolute atomic E-state index is 0.0590. The van der Waals surface area contributed by atoms with Crippen LogP contribution in [0.3, 0.4) is 0 Å². The van der Waals surface area contributed by atoms with Gasteiger partial charge < -0.3 is 9.84 Å². The highest BCUT2D eigenvalue weighted by Crippen LogP contribution is 2.42. The lowest BCUT2D eigenvalue weighted by molar-refractivity contribution is 0.465. The van der Waals surface area contributed by atoms with E-state index in [1.54, 1.807) is 0 Å². The van der Waals surface area contributed by atoms with Gasteiger partial charge in [-0.1, -0.05) is 58.0 Å². The third-order valence-electron chi connectivity index (χ3n) is 2.17. The molecule has 0 aliphatic carbocycles. The molecule has 0 aliphatic rings. The van der Waals surface area contributed by atoms with Crippen LogP contribution in [0.4, 0.5) is 0 Å². The lowest BCUT2D eigenvalue weighted by Crippen LogP contribution is -1.88. The zero-order chi connectivity index (χ0) is 14.2. The smallest absolute Gasteiger partial charge is 0.164 e. The van der Waals surface area contributed by atoms with Crippen LogP contribution in [0, 0.1) is 0 Å². The van der Waals surface area contributed by atoms with E-state index in [2.05, 4.69) is 0 Å². The van der Waals surface area contributed by atoms with Gasteiger partial charge >= 0.3 is 0 Å². The molecule has 1 N–H and O–H groups in total. The molecule has 0 radical (unpaired) electrons. The fourth-order valence-electron chi connectivity index (χ4n) is 1.35. The molecule has 0 heterocycles. The lowest BCUT2D eigenvalue weighted by atomic mass is 10.3. The molecule has 2 aromatic carbocycles. The Balaban J connectivity index is 2.42. The highest BCUT2D eigenvalue weighted by atomic mass is 35.5. The molecule has 2 rings (SSSR count). The number of phenolic OH excluding ortho intramolecular Hbond substituents is 1. The molecule has 0 atom stereocenters. The molecule has 19 heavy (non-hydrogen) atoms. The third-order valence-corrected chi connectivity index (χ3v) is 3.53. The minimum atomic E-state index is -0.219. The van der Waals surface area contributed by atoms with Gasteiger partial charge in [0.2, 0.25) is 0 Å². The Hall–Kier alpha value is -0.510. The SMILES string of the molecule is Oc1c(Cl)cc(Oc2c(Cl)cc(Cl)cc2Cl)cc1Cl. The van der Waals surface area contributed by atoms with E-state index >= 15 is 0 Å². The summed E-state index contributed by atoms with van der Waals surface area (Å²) in [7, 11) is 0. The van der Waals surface area contributed by atoms with E-state index < -0.39 is 0 Å². The molecule has 0 unspecified atom stereocenters. The number of hydrogen-bond acceptors (Lipinski definition) is 2. The van der Waals surface area contributed by atoms with Crippen LogP contribution in [0.25, 0.3) is 0 Å². The monoisotopic (exact) mass is 356 g/mol. The van der Waals surface area contributed by atoms with Crippen LogP contribution in [-0.2, 0) is 0 Å². The van der Waals surface area contributed by atoms with Gasteiger partial charge in [-0.05, 0) is 12.1 Å². The molecule has 100 valence electrons. The second-order valence-corrected chi connectivity index (χ2v) is 5.60. The number of phenols is 1. The Morgan fingerprint density at radius 3 is 1.68 bits per heavy atom. The minimum Gasteiger partial charge on any atom is -0.505 e. The second kappa shape index (κ2) is 5.86. The van der Waals surface area contributed by atoms with Gasteiger partial charge in [-0.2, -0.15) is 0 Å². The summed E-state index contributed by atoms with van der Waals surface area (Å²) < 4.78 is 5.51. The molecular weight excluding hydrogens is 353 g/mol. The predicted molar refractivity (Wildman–Crippen MR) is 79.7 cm³/mol. The van der Waals surface area contributed by atoms with Gasteiger partial charge in [0.1, 0.15) is 5.75 Å². The Labute approximate surface area is 134 Å². The van der Waals surface area contributed by atoms with Gasteiger partial charge in [0.05, 0.1) is 20.1 Å². The standard InChI is InChI=1S/C12H5Cl5O2/c13-5-1-9(16)12(10(17)2-5)19-6-3-7(14)11(18)8(15)4-6/h1-4,18H. The van der Waals surface area contributed by atoms with Crippen LogP contribution < -0.4 is 4.74 Å². The largest absolute Gasteiger partial charge is 0.505 e. The second-order valence-electron chi connectivity index (χ2n) is 3.54. The van der Waals surface area contributed by atoms with Crippen molar-refractivity contribution in [1.29, 1.82) is 0 Å². The number of aromatic hydroxyl groups is 1. The van der Waals surface area contributed by atoms with Crippen LogP contribution in [-0.4, -0.2) is 5.11 Å². The van der Waals surface area contributed by atoms with Crippen LogP contribution >= 0.6 is 58.0 Å². The summed E-state index contributed by atoms with van der Waals surface area (Å²) in [6, 6.07) is 5.77. The summed E-state index contributed by atoms with van der Waals surface area (Å²) in [5.41, 5.74) is 0. The number of rotatable bonds is 2. The Bertz CT molecular complexity index is 596. The quantitative estimate of drug-likeness (QED) is 0.668. The fourth-order valence-corrected chi connectivity index (χ4v) is 2.71. The van der Waals surface area contributed by atoms with Crippen molar-refractivity contribution < 1.29 is 9.84 Å². The predicted octanol–water partition coefficient (Wildman–Crippen LogP) is 6.45. The lowest BCUT2D eigenvalue weighted by Gasteiger charge is -2.11. The molecule has 0 amide bonds. The summed E-state index contributed by atoms with van der Waals surface area (Å²) in [6.45, 7) is 0. The first kappa shape index (κ1) is 14.9. The van der Waals surface area contributed by atoms with E-state index in [1.165, 1.54) is 24.3 Å². The Morgan fingerprint density at radius 1 is 0.737 bits per heavy atom. The van der Waals surface area contributed by atoms with E-state index in [9.17, 15) is 5.11 Å². The van der Waals surface area contributed by atoms with Crippen LogP contribution in [0.1, 0.15) is 0 Å². The number of halogens is 5. The van der Waals surface area contributed by atoms with Gasteiger partial charge in [-0.25, -0.2) is 0 Å². The summed E-state index contributed by atoms with van der Waals surface area (Å²) in [6.07, 6.45) is 0. The average Bonchev–Trinajstić information content (AvgIpc) is 2.30. The van der Waals surface area contributed by atoms with Crippen molar-refractivity contribution in [2.75, 3.05) is 0 Å². The maximum Gasteiger partial charge on any atom is 0.164 e. The van der Waals surface area contributed by atoms with Gasteiger partial charge in [-0.3, -0.25) is 0 Å². The van der Waals surface area contributed by atoms with Crippen molar-refractivity contribution in [2.45, 2.75) is 0 Å². The van der Waals surface area contributed by atoms with E-state index in [4.69, 9.17) is 62.7 Å². The van der Waals surface area contributed by atoms with Crippen molar-refractivity contribution in [3.05, 3.63) is 49.4 Å². The summed E-state index contributed by atoms with van der Waals surface area (Å²) >= 11 is 29.3. The summed E-state index contributed by atoms with van der Waals surface area (Å²) in [5.74, 6) is 0.300. The Kier molecular flexibility index (Phi) is 4.59. The zero-order valence-corrected chi connectivity index (χ0v) is 12.8. The first-order chi connectivity index (χ1) is 8.88. The van der Waals surface area contributed by atoms with Crippen LogP contribution in [0.15, 0.2) is 24.3 Å². The summed E-state index contributed by atoms with van der Waals surface area (Å²) in [5, 5.41) is 10.5. The maximum atomic E-state index is 9.45. The zero-order valence-electron chi connectivity index (χ0n) is 9.05. The molecule has 7 heteroatoms. The molecule has 2 nitrogen and oxygen atoms in total. The third kappa shape index (κ3) is 3.33. The normalized spacial score (nSPS) is 10.6. The van der Waals surface area contributed by atoms with Crippen LogP contribution in [0.5, 0.6) is 17.2 Å². The van der Waals surface area contributed by atoms with E-state index in [0.29, 0.717) is 10.8 Å². The van der Waals surface area contributed by atoms with Crippen molar-refractivity contribution in [3.8, 4) is 17.2 Å². The van der Waals surface area contributed by atoms with Crippen LogP contribution in [0.2, 0.25) is 25.1 Å². The van der Waals surface area contributed by atoms with Crippen molar-refractivity contribution in [1.82, 2.24) is 0 Å². The van der Waals surface area contributed by atoms with E-state index in [0.717, 1.165) is 0 Å². The molecular formula is C12H5Cl5O2.